The number of hydrogen-bond donors (Lipinski definition) is 0. The third-order valence-corrected chi connectivity index (χ3v) is 0.835. The van der Waals surface area contributed by atoms with Gasteiger partial charge in [0.25, 0.3) is 0 Å². The summed E-state index contributed by atoms with van der Waals surface area (Å²) >= 11 is 5.20. The second-order valence-electron chi connectivity index (χ2n) is 1.11. The Morgan fingerprint density at radius 2 is 2.44 bits per heavy atom. The molecule has 48 valence electrons. The van der Waals surface area contributed by atoms with E-state index in [1.807, 2.05) is 0 Å². The van der Waals surface area contributed by atoms with Gasteiger partial charge in [-0.2, -0.15) is 5.26 Å². The summed E-state index contributed by atoms with van der Waals surface area (Å²) in [6.45, 7) is 0. The monoisotopic (exact) mass is 145 g/mol. The molecular formula is C5H4ClNO2. The normalized spacial score (nSPS) is 10.1. The van der Waals surface area contributed by atoms with Gasteiger partial charge in [0.2, 0.25) is 0 Å². The van der Waals surface area contributed by atoms with Crippen LogP contribution in [0, 0.1) is 11.3 Å². The highest BCUT2D eigenvalue weighted by Gasteiger charge is 2.03. The van der Waals surface area contributed by atoms with E-state index in [1.165, 1.54) is 7.11 Å². The van der Waals surface area contributed by atoms with Crippen LogP contribution in [0.4, 0.5) is 0 Å². The van der Waals surface area contributed by atoms with Gasteiger partial charge in [-0.3, -0.25) is 0 Å². The van der Waals surface area contributed by atoms with Gasteiger partial charge in [-0.25, -0.2) is 4.79 Å². The third-order valence-electron chi connectivity index (χ3n) is 0.572. The minimum Gasteiger partial charge on any atom is -0.465 e. The summed E-state index contributed by atoms with van der Waals surface area (Å²) in [6.07, 6.45) is 0.910. The lowest BCUT2D eigenvalue weighted by Gasteiger charge is -1.90. The van der Waals surface area contributed by atoms with Crippen LogP contribution in [0.15, 0.2) is 11.1 Å². The van der Waals surface area contributed by atoms with Crippen LogP contribution in [0.5, 0.6) is 0 Å². The van der Waals surface area contributed by atoms with E-state index in [0.717, 1.165) is 6.08 Å². The standard InChI is InChI=1S/C5H4ClNO2/c1-9-5(8)4(6)2-3-7/h2H,1H3. The molecule has 0 aromatic heterocycles. The molecule has 0 saturated heterocycles. The molecule has 3 nitrogen and oxygen atoms in total. The zero-order valence-corrected chi connectivity index (χ0v) is 5.47. The quantitative estimate of drug-likeness (QED) is 0.312. The van der Waals surface area contributed by atoms with Gasteiger partial charge < -0.3 is 4.74 Å². The molecule has 0 radical (unpaired) electrons. The number of halogens is 1. The Morgan fingerprint density at radius 1 is 1.89 bits per heavy atom. The predicted molar refractivity (Wildman–Crippen MR) is 31.6 cm³/mol. The highest BCUT2D eigenvalue weighted by molar-refractivity contribution is 6.41. The van der Waals surface area contributed by atoms with Crippen molar-refractivity contribution >= 4 is 17.6 Å². The molecule has 0 bridgehead atoms. The molecule has 0 aromatic rings. The van der Waals surface area contributed by atoms with Gasteiger partial charge in [-0.1, -0.05) is 11.6 Å². The molecule has 0 saturated carbocycles. The molecule has 0 aliphatic carbocycles. The molecule has 0 heterocycles. The van der Waals surface area contributed by atoms with Crippen LogP contribution in [0.2, 0.25) is 0 Å². The van der Waals surface area contributed by atoms with Crippen molar-refractivity contribution in [2.45, 2.75) is 0 Å². The van der Waals surface area contributed by atoms with Crippen molar-refractivity contribution in [2.24, 2.45) is 0 Å². The lowest BCUT2D eigenvalue weighted by molar-refractivity contribution is -0.135. The van der Waals surface area contributed by atoms with E-state index < -0.39 is 5.97 Å². The highest BCUT2D eigenvalue weighted by Crippen LogP contribution is 2.01. The number of rotatable bonds is 1. The molecule has 0 rings (SSSR count). The summed E-state index contributed by atoms with van der Waals surface area (Å²) in [5, 5.41) is 7.75. The smallest absolute Gasteiger partial charge is 0.350 e. The largest absolute Gasteiger partial charge is 0.465 e. The summed E-state index contributed by atoms with van der Waals surface area (Å²) in [7, 11) is 1.19. The molecule has 0 spiro atoms. The summed E-state index contributed by atoms with van der Waals surface area (Å²) in [6, 6.07) is 1.59. The number of methoxy groups -OCH3 is 1. The zero-order valence-electron chi connectivity index (χ0n) is 4.72. The Kier molecular flexibility index (Phi) is 3.49. The SMILES string of the molecule is COC(=O)C(Cl)=CC#N. The summed E-state index contributed by atoms with van der Waals surface area (Å²) in [5.74, 6) is -0.696. The fourth-order valence-electron chi connectivity index (χ4n) is 0.213. The van der Waals surface area contributed by atoms with E-state index in [2.05, 4.69) is 4.74 Å². The Bertz CT molecular complexity index is 180. The van der Waals surface area contributed by atoms with Crippen LogP contribution in [-0.2, 0) is 9.53 Å². The van der Waals surface area contributed by atoms with E-state index in [0.29, 0.717) is 0 Å². The Balaban J connectivity index is 4.07. The van der Waals surface area contributed by atoms with Gasteiger partial charge in [0.05, 0.1) is 13.2 Å². The highest BCUT2D eigenvalue weighted by atomic mass is 35.5. The number of carbonyl (C=O) groups is 1. The van der Waals surface area contributed by atoms with Crippen LogP contribution in [-0.4, -0.2) is 13.1 Å². The van der Waals surface area contributed by atoms with Gasteiger partial charge >= 0.3 is 5.97 Å². The van der Waals surface area contributed by atoms with Crippen LogP contribution >= 0.6 is 11.6 Å². The Labute approximate surface area is 57.5 Å². The lowest BCUT2D eigenvalue weighted by atomic mass is 10.5. The Hall–Kier alpha value is -1.01. The van der Waals surface area contributed by atoms with Gasteiger partial charge in [0, 0.05) is 6.08 Å². The molecular weight excluding hydrogens is 142 g/mol. The molecule has 0 aliphatic rings. The van der Waals surface area contributed by atoms with Gasteiger partial charge in [-0.05, 0) is 0 Å². The van der Waals surface area contributed by atoms with Crippen molar-refractivity contribution in [2.75, 3.05) is 7.11 Å². The maximum atomic E-state index is 10.3. The molecule has 0 N–H and O–H groups in total. The number of hydrogen-bond acceptors (Lipinski definition) is 3. The molecule has 0 fully saturated rings. The van der Waals surface area contributed by atoms with Crippen molar-refractivity contribution in [3.8, 4) is 6.07 Å². The maximum Gasteiger partial charge on any atom is 0.350 e. The number of ether oxygens (including phenoxy) is 1. The predicted octanol–water partition coefficient (Wildman–Crippen LogP) is 0.806. The van der Waals surface area contributed by atoms with Crippen LogP contribution in [0.1, 0.15) is 0 Å². The first-order chi connectivity index (χ1) is 4.22. The first-order valence-electron chi connectivity index (χ1n) is 2.06. The number of carbonyl (C=O) groups excluding carboxylic acids is 1. The van der Waals surface area contributed by atoms with E-state index >= 15 is 0 Å². The van der Waals surface area contributed by atoms with Crippen LogP contribution in [0.3, 0.4) is 0 Å². The number of allylic oxidation sites excluding steroid dienone is 1. The maximum absolute atomic E-state index is 10.3. The minimum atomic E-state index is -0.696. The minimum absolute atomic E-state index is 0.208. The second-order valence-corrected chi connectivity index (χ2v) is 1.52. The van der Waals surface area contributed by atoms with E-state index in [9.17, 15) is 4.79 Å². The first kappa shape index (κ1) is 7.99. The average Bonchev–Trinajstić information content (AvgIpc) is 1.87. The summed E-state index contributed by atoms with van der Waals surface area (Å²) in [5.41, 5.74) is 0. The average molecular weight is 146 g/mol. The van der Waals surface area contributed by atoms with Crippen molar-refractivity contribution in [1.29, 1.82) is 5.26 Å². The number of nitrogens with zero attached hydrogens (tertiary/aromatic N) is 1. The van der Waals surface area contributed by atoms with E-state index in [1.54, 1.807) is 6.07 Å². The fourth-order valence-corrected chi connectivity index (χ4v) is 0.339. The van der Waals surface area contributed by atoms with E-state index in [4.69, 9.17) is 16.9 Å². The third kappa shape index (κ3) is 2.73. The summed E-state index contributed by atoms with van der Waals surface area (Å²) in [4.78, 5) is 10.3. The van der Waals surface area contributed by atoms with Crippen molar-refractivity contribution < 1.29 is 9.53 Å². The summed E-state index contributed by atoms with van der Waals surface area (Å²) < 4.78 is 4.17. The van der Waals surface area contributed by atoms with Crippen molar-refractivity contribution in [1.82, 2.24) is 0 Å². The van der Waals surface area contributed by atoms with Crippen molar-refractivity contribution in [3.05, 3.63) is 11.1 Å². The molecule has 0 amide bonds. The topological polar surface area (TPSA) is 50.1 Å². The Morgan fingerprint density at radius 3 is 2.78 bits per heavy atom. The van der Waals surface area contributed by atoms with Gasteiger partial charge in [-0.15, -0.1) is 0 Å². The van der Waals surface area contributed by atoms with Gasteiger partial charge in [0.15, 0.2) is 0 Å². The zero-order chi connectivity index (χ0) is 7.28. The lowest BCUT2D eigenvalue weighted by Crippen LogP contribution is -1.98. The first-order valence-corrected chi connectivity index (χ1v) is 2.43. The van der Waals surface area contributed by atoms with Crippen LogP contribution in [0.25, 0.3) is 0 Å². The molecule has 0 atom stereocenters. The fraction of sp³-hybridized carbons (Fsp3) is 0.200. The second kappa shape index (κ2) is 3.93. The van der Waals surface area contributed by atoms with Gasteiger partial charge in [0.1, 0.15) is 5.03 Å². The number of nitriles is 1. The molecule has 0 unspecified atom stereocenters. The number of esters is 1. The molecule has 9 heavy (non-hydrogen) atoms. The van der Waals surface area contributed by atoms with E-state index in [-0.39, 0.29) is 5.03 Å². The molecule has 0 aromatic carbocycles. The van der Waals surface area contributed by atoms with Crippen molar-refractivity contribution in [3.63, 3.8) is 0 Å². The van der Waals surface area contributed by atoms with Crippen LogP contribution < -0.4 is 0 Å². The molecule has 4 heteroatoms. The molecule has 0 aliphatic heterocycles.